The molecule has 1 aliphatic heterocycles. The van der Waals surface area contributed by atoms with Gasteiger partial charge >= 0.3 is 0 Å². The minimum Gasteiger partial charge on any atom is -0.489 e. The van der Waals surface area contributed by atoms with Crippen molar-refractivity contribution in [3.8, 4) is 5.75 Å². The number of nitrogens with zero attached hydrogens (tertiary/aromatic N) is 1. The first-order valence-electron chi connectivity index (χ1n) is 9.30. The van der Waals surface area contributed by atoms with Gasteiger partial charge in [0.15, 0.2) is 0 Å². The Morgan fingerprint density at radius 2 is 1.78 bits per heavy atom. The number of carbonyl (C=O) groups is 2. The van der Waals surface area contributed by atoms with Crippen LogP contribution in [0.1, 0.15) is 30.4 Å². The second-order valence-corrected chi connectivity index (χ2v) is 6.84. The number of ether oxygens (including phenoxy) is 1. The van der Waals surface area contributed by atoms with Crippen LogP contribution in [0.2, 0.25) is 0 Å². The van der Waals surface area contributed by atoms with Crippen LogP contribution in [0.5, 0.6) is 5.75 Å². The number of piperidine rings is 1. The Morgan fingerprint density at radius 1 is 1.00 bits per heavy atom. The van der Waals surface area contributed by atoms with Gasteiger partial charge in [-0.1, -0.05) is 30.3 Å². The highest BCUT2D eigenvalue weighted by atomic mass is 16.5. The molecule has 1 fully saturated rings. The van der Waals surface area contributed by atoms with Crippen molar-refractivity contribution in [2.24, 2.45) is 0 Å². The zero-order valence-corrected chi connectivity index (χ0v) is 15.1. The fraction of sp³-hybridized carbons (Fsp3) is 0.273. The van der Waals surface area contributed by atoms with Gasteiger partial charge in [0.1, 0.15) is 12.4 Å². The SMILES string of the molecule is O=C1CCCC(=O)N1CCc1c[nH]c2ccc(OCc3ccccc3)cc12. The van der Waals surface area contributed by atoms with Crippen LogP contribution in [0.3, 0.4) is 0 Å². The van der Waals surface area contributed by atoms with Crippen molar-refractivity contribution in [2.45, 2.75) is 32.3 Å². The molecule has 3 aromatic rings. The number of carbonyl (C=O) groups excluding carboxylic acids is 2. The lowest BCUT2D eigenvalue weighted by Gasteiger charge is -2.24. The molecule has 2 heterocycles. The van der Waals surface area contributed by atoms with Crippen molar-refractivity contribution in [1.29, 1.82) is 0 Å². The summed E-state index contributed by atoms with van der Waals surface area (Å²) in [5, 5.41) is 1.07. The van der Waals surface area contributed by atoms with Gasteiger partial charge in [-0.15, -0.1) is 0 Å². The number of aromatic amines is 1. The molecule has 0 bridgehead atoms. The second kappa shape index (κ2) is 7.66. The first-order chi connectivity index (χ1) is 13.2. The molecule has 1 saturated heterocycles. The van der Waals surface area contributed by atoms with E-state index >= 15 is 0 Å². The van der Waals surface area contributed by atoms with Crippen LogP contribution in [0.25, 0.3) is 10.9 Å². The smallest absolute Gasteiger partial charge is 0.229 e. The lowest BCUT2D eigenvalue weighted by atomic mass is 10.1. The monoisotopic (exact) mass is 362 g/mol. The quantitative estimate of drug-likeness (QED) is 0.678. The number of benzene rings is 2. The van der Waals surface area contributed by atoms with Crippen molar-refractivity contribution in [1.82, 2.24) is 9.88 Å². The maximum Gasteiger partial charge on any atom is 0.229 e. The van der Waals surface area contributed by atoms with E-state index in [4.69, 9.17) is 4.74 Å². The van der Waals surface area contributed by atoms with E-state index in [-0.39, 0.29) is 11.8 Å². The Balaban J connectivity index is 1.47. The number of hydrogen-bond acceptors (Lipinski definition) is 3. The van der Waals surface area contributed by atoms with Crippen molar-refractivity contribution in [3.63, 3.8) is 0 Å². The summed E-state index contributed by atoms with van der Waals surface area (Å²) in [6.45, 7) is 0.947. The summed E-state index contributed by atoms with van der Waals surface area (Å²) >= 11 is 0. The predicted octanol–water partition coefficient (Wildman–Crippen LogP) is 3.83. The fourth-order valence-corrected chi connectivity index (χ4v) is 3.48. The first kappa shape index (κ1) is 17.3. The van der Waals surface area contributed by atoms with E-state index in [1.54, 1.807) is 0 Å². The van der Waals surface area contributed by atoms with Gasteiger partial charge in [-0.25, -0.2) is 0 Å². The molecule has 4 rings (SSSR count). The highest BCUT2D eigenvalue weighted by Crippen LogP contribution is 2.25. The molecular weight excluding hydrogens is 340 g/mol. The average Bonchev–Trinajstić information content (AvgIpc) is 3.09. The van der Waals surface area contributed by atoms with E-state index in [0.717, 1.165) is 27.8 Å². The van der Waals surface area contributed by atoms with E-state index < -0.39 is 0 Å². The zero-order valence-electron chi connectivity index (χ0n) is 15.1. The van der Waals surface area contributed by atoms with Gasteiger partial charge in [-0.05, 0) is 42.2 Å². The van der Waals surface area contributed by atoms with E-state index in [0.29, 0.717) is 38.8 Å². The molecule has 2 amide bonds. The molecule has 2 aromatic carbocycles. The molecule has 27 heavy (non-hydrogen) atoms. The van der Waals surface area contributed by atoms with Crippen LogP contribution in [-0.4, -0.2) is 28.2 Å². The van der Waals surface area contributed by atoms with Crippen LogP contribution in [0, 0.1) is 0 Å². The van der Waals surface area contributed by atoms with Crippen molar-refractivity contribution < 1.29 is 14.3 Å². The minimum absolute atomic E-state index is 0.0574. The number of fused-ring (bicyclic) bond motifs is 1. The number of likely N-dealkylation sites (tertiary alicyclic amines) is 1. The van der Waals surface area contributed by atoms with Crippen LogP contribution >= 0.6 is 0 Å². The molecule has 1 aromatic heterocycles. The Kier molecular flexibility index (Phi) is 4.92. The van der Waals surface area contributed by atoms with Gasteiger partial charge in [0.05, 0.1) is 0 Å². The molecule has 0 radical (unpaired) electrons. The first-order valence-corrected chi connectivity index (χ1v) is 9.30. The molecule has 1 N–H and O–H groups in total. The van der Waals surface area contributed by atoms with Crippen LogP contribution in [0.15, 0.2) is 54.7 Å². The Labute approximate surface area is 157 Å². The van der Waals surface area contributed by atoms with E-state index in [1.807, 2.05) is 54.7 Å². The summed E-state index contributed by atoms with van der Waals surface area (Å²) in [7, 11) is 0. The third kappa shape index (κ3) is 3.87. The van der Waals surface area contributed by atoms with Crippen LogP contribution in [-0.2, 0) is 22.6 Å². The molecule has 0 saturated carbocycles. The second-order valence-electron chi connectivity index (χ2n) is 6.84. The van der Waals surface area contributed by atoms with E-state index in [2.05, 4.69) is 4.98 Å². The van der Waals surface area contributed by atoms with Crippen LogP contribution < -0.4 is 4.74 Å². The number of imide groups is 1. The van der Waals surface area contributed by atoms with Crippen LogP contribution in [0.4, 0.5) is 0 Å². The summed E-state index contributed by atoms with van der Waals surface area (Å²) in [6, 6.07) is 16.0. The summed E-state index contributed by atoms with van der Waals surface area (Å²) in [6.07, 6.45) is 4.20. The minimum atomic E-state index is -0.0574. The van der Waals surface area contributed by atoms with Gasteiger partial charge in [-0.2, -0.15) is 0 Å². The predicted molar refractivity (Wildman–Crippen MR) is 103 cm³/mol. The van der Waals surface area contributed by atoms with Crippen molar-refractivity contribution in [2.75, 3.05) is 6.54 Å². The number of H-pyrrole nitrogens is 1. The standard InChI is InChI=1S/C22H22N2O3/c25-21-7-4-8-22(26)24(21)12-11-17-14-23-20-10-9-18(13-19(17)20)27-15-16-5-2-1-3-6-16/h1-3,5-6,9-10,13-14,23H,4,7-8,11-12,15H2. The third-order valence-electron chi connectivity index (χ3n) is 4.98. The fourth-order valence-electron chi connectivity index (χ4n) is 3.48. The summed E-state index contributed by atoms with van der Waals surface area (Å²) in [5.74, 6) is 0.688. The number of hydrogen-bond donors (Lipinski definition) is 1. The van der Waals surface area contributed by atoms with Gasteiger partial charge in [0.2, 0.25) is 11.8 Å². The third-order valence-corrected chi connectivity index (χ3v) is 4.98. The Bertz CT molecular complexity index is 946. The van der Waals surface area contributed by atoms with Gasteiger partial charge in [0.25, 0.3) is 0 Å². The summed E-state index contributed by atoms with van der Waals surface area (Å²) < 4.78 is 5.92. The molecule has 0 atom stereocenters. The largest absolute Gasteiger partial charge is 0.489 e. The zero-order chi connectivity index (χ0) is 18.6. The van der Waals surface area contributed by atoms with Crippen molar-refractivity contribution >= 4 is 22.7 Å². The maximum absolute atomic E-state index is 12.0. The molecule has 5 heteroatoms. The van der Waals surface area contributed by atoms with E-state index in [9.17, 15) is 9.59 Å². The normalized spacial score (nSPS) is 14.7. The Hall–Kier alpha value is -3.08. The highest BCUT2D eigenvalue weighted by Gasteiger charge is 2.25. The highest BCUT2D eigenvalue weighted by molar-refractivity contribution is 5.97. The molecule has 0 aliphatic carbocycles. The van der Waals surface area contributed by atoms with E-state index in [1.165, 1.54) is 4.90 Å². The molecule has 0 spiro atoms. The molecule has 5 nitrogen and oxygen atoms in total. The van der Waals surface area contributed by atoms with Gasteiger partial charge in [0, 0.05) is 36.5 Å². The summed E-state index contributed by atoms with van der Waals surface area (Å²) in [5.41, 5.74) is 3.23. The lowest BCUT2D eigenvalue weighted by Crippen LogP contribution is -2.41. The van der Waals surface area contributed by atoms with Gasteiger partial charge < -0.3 is 9.72 Å². The van der Waals surface area contributed by atoms with Crippen molar-refractivity contribution in [3.05, 3.63) is 65.9 Å². The van der Waals surface area contributed by atoms with Gasteiger partial charge in [-0.3, -0.25) is 14.5 Å². The number of amides is 2. The Morgan fingerprint density at radius 3 is 2.56 bits per heavy atom. The maximum atomic E-state index is 12.0. The molecule has 0 unspecified atom stereocenters. The lowest BCUT2D eigenvalue weighted by molar-refractivity contribution is -0.147. The average molecular weight is 362 g/mol. The molecule has 1 aliphatic rings. The number of rotatable bonds is 6. The number of nitrogens with one attached hydrogen (secondary N) is 1. The summed E-state index contributed by atoms with van der Waals surface area (Å²) in [4.78, 5) is 28.6. The molecule has 138 valence electrons. The number of aromatic nitrogens is 1. The topological polar surface area (TPSA) is 62.4 Å². The molecular formula is C22H22N2O3.